The third kappa shape index (κ3) is 4.14. The number of aromatic nitrogens is 4. The topological polar surface area (TPSA) is 86.7 Å². The standard InChI is InChI=1S/C24H24FN5O/c25-19-3-1-2-4-20(19)28-14-24(31)9-7-16(8-10-24)23-29-21-6-5-17(11-22(21)30-23)18-12-26-15-27-13-18/h1-6,11-13,15-16,28,31H,7-10,14H2,(H,29,30). The van der Waals surface area contributed by atoms with Crippen molar-refractivity contribution in [2.24, 2.45) is 0 Å². The monoisotopic (exact) mass is 417 g/mol. The number of hydrogen-bond donors (Lipinski definition) is 3. The first-order chi connectivity index (χ1) is 15.1. The van der Waals surface area contributed by atoms with E-state index in [4.69, 9.17) is 4.98 Å². The number of aromatic amines is 1. The maximum absolute atomic E-state index is 13.8. The van der Waals surface area contributed by atoms with Gasteiger partial charge in [0.25, 0.3) is 0 Å². The Morgan fingerprint density at radius 3 is 2.61 bits per heavy atom. The maximum Gasteiger partial charge on any atom is 0.146 e. The van der Waals surface area contributed by atoms with Crippen molar-refractivity contribution in [2.75, 3.05) is 11.9 Å². The van der Waals surface area contributed by atoms with Gasteiger partial charge in [-0.2, -0.15) is 0 Å². The number of halogens is 1. The highest BCUT2D eigenvalue weighted by atomic mass is 19.1. The summed E-state index contributed by atoms with van der Waals surface area (Å²) in [6.07, 6.45) is 8.05. The second-order valence-corrected chi connectivity index (χ2v) is 8.31. The average Bonchev–Trinajstić information content (AvgIpc) is 3.23. The van der Waals surface area contributed by atoms with E-state index >= 15 is 0 Å². The highest BCUT2D eigenvalue weighted by Gasteiger charge is 2.34. The second kappa shape index (κ2) is 8.07. The van der Waals surface area contributed by atoms with Crippen molar-refractivity contribution in [3.05, 3.63) is 72.8 Å². The fourth-order valence-electron chi connectivity index (χ4n) is 4.32. The van der Waals surface area contributed by atoms with Gasteiger partial charge in [-0.05, 0) is 55.5 Å². The van der Waals surface area contributed by atoms with Gasteiger partial charge in [-0.15, -0.1) is 0 Å². The molecule has 6 nitrogen and oxygen atoms in total. The molecule has 4 aromatic rings. The second-order valence-electron chi connectivity index (χ2n) is 8.31. The molecule has 0 unspecified atom stereocenters. The SMILES string of the molecule is OC1(CNc2ccccc2F)CCC(c2nc3ccc(-c4cncnc4)cc3[nH]2)CC1. The minimum absolute atomic E-state index is 0.268. The molecule has 1 aliphatic carbocycles. The van der Waals surface area contributed by atoms with E-state index < -0.39 is 5.60 Å². The number of para-hydroxylation sites is 1. The quantitative estimate of drug-likeness (QED) is 0.440. The number of nitrogens with one attached hydrogen (secondary N) is 2. The van der Waals surface area contributed by atoms with Crippen molar-refractivity contribution in [3.8, 4) is 11.1 Å². The molecule has 158 valence electrons. The Balaban J connectivity index is 1.26. The van der Waals surface area contributed by atoms with Gasteiger partial charge in [0.2, 0.25) is 0 Å². The predicted molar refractivity (Wildman–Crippen MR) is 118 cm³/mol. The van der Waals surface area contributed by atoms with Gasteiger partial charge in [0.05, 0.1) is 22.3 Å². The van der Waals surface area contributed by atoms with Crippen molar-refractivity contribution in [3.63, 3.8) is 0 Å². The number of fused-ring (bicyclic) bond motifs is 1. The summed E-state index contributed by atoms with van der Waals surface area (Å²) in [6, 6.07) is 12.7. The smallest absolute Gasteiger partial charge is 0.146 e. The number of anilines is 1. The van der Waals surface area contributed by atoms with Gasteiger partial charge in [-0.1, -0.05) is 18.2 Å². The van der Waals surface area contributed by atoms with E-state index in [2.05, 4.69) is 26.3 Å². The number of rotatable bonds is 5. The predicted octanol–water partition coefficient (Wildman–Crippen LogP) is 4.66. The Hall–Kier alpha value is -3.32. The molecule has 0 spiro atoms. The first-order valence-electron chi connectivity index (χ1n) is 10.6. The molecule has 5 rings (SSSR count). The van der Waals surface area contributed by atoms with Crippen molar-refractivity contribution in [1.82, 2.24) is 19.9 Å². The van der Waals surface area contributed by atoms with Gasteiger partial charge in [0.15, 0.2) is 0 Å². The number of imidazole rings is 1. The molecular weight excluding hydrogens is 393 g/mol. The van der Waals surface area contributed by atoms with Gasteiger partial charge in [0, 0.05) is 30.4 Å². The molecule has 2 heterocycles. The van der Waals surface area contributed by atoms with Gasteiger partial charge in [-0.25, -0.2) is 19.3 Å². The van der Waals surface area contributed by atoms with Gasteiger partial charge in [0.1, 0.15) is 18.0 Å². The number of hydrogen-bond acceptors (Lipinski definition) is 5. The molecule has 0 atom stereocenters. The molecule has 0 aliphatic heterocycles. The molecule has 1 fully saturated rings. The van der Waals surface area contributed by atoms with E-state index in [9.17, 15) is 9.50 Å². The molecule has 0 radical (unpaired) electrons. The van der Waals surface area contributed by atoms with E-state index in [1.807, 2.05) is 12.1 Å². The number of aliphatic hydroxyl groups is 1. The summed E-state index contributed by atoms with van der Waals surface area (Å²) in [7, 11) is 0. The van der Waals surface area contributed by atoms with Crippen LogP contribution in [-0.4, -0.2) is 37.2 Å². The van der Waals surface area contributed by atoms with Crippen LogP contribution in [0, 0.1) is 5.82 Å². The Kier molecular flexibility index (Phi) is 5.11. The largest absolute Gasteiger partial charge is 0.388 e. The summed E-state index contributed by atoms with van der Waals surface area (Å²) < 4.78 is 13.8. The average molecular weight is 417 g/mol. The van der Waals surface area contributed by atoms with Gasteiger partial charge >= 0.3 is 0 Å². The summed E-state index contributed by atoms with van der Waals surface area (Å²) in [5.41, 5.74) is 3.50. The van der Waals surface area contributed by atoms with E-state index in [1.54, 1.807) is 30.6 Å². The summed E-state index contributed by atoms with van der Waals surface area (Å²) in [5, 5.41) is 14.0. The van der Waals surface area contributed by atoms with E-state index in [0.717, 1.165) is 40.8 Å². The van der Waals surface area contributed by atoms with Crippen molar-refractivity contribution in [1.29, 1.82) is 0 Å². The van der Waals surface area contributed by atoms with Crippen LogP contribution in [0.25, 0.3) is 22.2 Å². The van der Waals surface area contributed by atoms with Crippen LogP contribution in [0.4, 0.5) is 10.1 Å². The zero-order valence-corrected chi connectivity index (χ0v) is 17.1. The summed E-state index contributed by atoms with van der Waals surface area (Å²) in [4.78, 5) is 16.4. The van der Waals surface area contributed by atoms with Crippen LogP contribution < -0.4 is 5.32 Å². The molecule has 0 bridgehead atoms. The van der Waals surface area contributed by atoms with Gasteiger partial charge in [-0.3, -0.25) is 0 Å². The molecular formula is C24H24FN5O. The highest BCUT2D eigenvalue weighted by molar-refractivity contribution is 5.81. The van der Waals surface area contributed by atoms with Crippen LogP contribution in [0.15, 0.2) is 61.2 Å². The first kappa shape index (κ1) is 19.6. The van der Waals surface area contributed by atoms with Crippen LogP contribution in [0.3, 0.4) is 0 Å². The van der Waals surface area contributed by atoms with Crippen LogP contribution in [0.2, 0.25) is 0 Å². The zero-order chi connectivity index (χ0) is 21.3. The summed E-state index contributed by atoms with van der Waals surface area (Å²) in [6.45, 7) is 0.337. The number of H-pyrrole nitrogens is 1. The molecule has 3 N–H and O–H groups in total. The fraction of sp³-hybridized carbons (Fsp3) is 0.292. The van der Waals surface area contributed by atoms with Crippen LogP contribution in [0.1, 0.15) is 37.4 Å². The fourth-order valence-corrected chi connectivity index (χ4v) is 4.32. The molecule has 2 aromatic heterocycles. The molecule has 1 aliphatic rings. The van der Waals surface area contributed by atoms with E-state index in [0.29, 0.717) is 25.1 Å². The van der Waals surface area contributed by atoms with Crippen LogP contribution >= 0.6 is 0 Å². The Bertz CT molecular complexity index is 1190. The number of benzene rings is 2. The van der Waals surface area contributed by atoms with Crippen molar-refractivity contribution in [2.45, 2.75) is 37.2 Å². The summed E-state index contributed by atoms with van der Waals surface area (Å²) >= 11 is 0. The lowest BCUT2D eigenvalue weighted by Crippen LogP contribution is -2.40. The molecule has 0 amide bonds. The number of nitrogens with zero attached hydrogens (tertiary/aromatic N) is 3. The zero-order valence-electron chi connectivity index (χ0n) is 17.1. The molecule has 7 heteroatoms. The van der Waals surface area contributed by atoms with Gasteiger partial charge < -0.3 is 15.4 Å². The lowest BCUT2D eigenvalue weighted by molar-refractivity contribution is 0.0109. The normalized spacial score (nSPS) is 21.3. The third-order valence-corrected chi connectivity index (χ3v) is 6.18. The van der Waals surface area contributed by atoms with E-state index in [-0.39, 0.29) is 11.7 Å². The van der Waals surface area contributed by atoms with Crippen LogP contribution in [0.5, 0.6) is 0 Å². The first-order valence-corrected chi connectivity index (χ1v) is 10.6. The van der Waals surface area contributed by atoms with Crippen LogP contribution in [-0.2, 0) is 0 Å². The molecule has 0 saturated heterocycles. The van der Waals surface area contributed by atoms with E-state index in [1.165, 1.54) is 12.4 Å². The lowest BCUT2D eigenvalue weighted by atomic mass is 9.78. The van der Waals surface area contributed by atoms with Crippen molar-refractivity contribution < 1.29 is 9.50 Å². The molecule has 31 heavy (non-hydrogen) atoms. The third-order valence-electron chi connectivity index (χ3n) is 6.18. The lowest BCUT2D eigenvalue weighted by Gasteiger charge is -2.35. The highest BCUT2D eigenvalue weighted by Crippen LogP contribution is 2.38. The Labute approximate surface area is 179 Å². The Morgan fingerprint density at radius 2 is 1.84 bits per heavy atom. The maximum atomic E-state index is 13.8. The molecule has 2 aromatic carbocycles. The Morgan fingerprint density at radius 1 is 1.06 bits per heavy atom. The molecule has 1 saturated carbocycles. The minimum Gasteiger partial charge on any atom is -0.388 e. The summed E-state index contributed by atoms with van der Waals surface area (Å²) in [5.74, 6) is 0.925. The van der Waals surface area contributed by atoms with Crippen molar-refractivity contribution >= 4 is 16.7 Å². The minimum atomic E-state index is -0.842.